The maximum absolute atomic E-state index is 5.71. The molecule has 2 aromatic carbocycles. The third-order valence-electron chi connectivity index (χ3n) is 3.29. The first-order valence-corrected chi connectivity index (χ1v) is 7.51. The molecule has 0 saturated carbocycles. The van der Waals surface area contributed by atoms with Crippen molar-refractivity contribution in [1.82, 2.24) is 10.1 Å². The van der Waals surface area contributed by atoms with Gasteiger partial charge in [0.25, 0.3) is 5.89 Å². The van der Waals surface area contributed by atoms with E-state index < -0.39 is 0 Å². The van der Waals surface area contributed by atoms with Gasteiger partial charge in [-0.15, -0.1) is 0 Å². The molecule has 0 fully saturated rings. The Bertz CT molecular complexity index is 787. The van der Waals surface area contributed by atoms with Gasteiger partial charge in [-0.1, -0.05) is 29.4 Å². The molecule has 0 aliphatic heterocycles. The molecule has 0 saturated heterocycles. The highest BCUT2D eigenvalue weighted by atomic mass is 16.5. The van der Waals surface area contributed by atoms with Crippen molar-refractivity contribution in [3.63, 3.8) is 0 Å². The summed E-state index contributed by atoms with van der Waals surface area (Å²) >= 11 is 0. The minimum absolute atomic E-state index is 0.165. The van der Waals surface area contributed by atoms with Crippen molar-refractivity contribution in [2.75, 3.05) is 7.11 Å². The Morgan fingerprint density at radius 3 is 2.58 bits per heavy atom. The maximum Gasteiger partial charge on any atom is 0.264 e. The summed E-state index contributed by atoms with van der Waals surface area (Å²) in [6.45, 7) is 2.39. The number of para-hydroxylation sites is 1. The molecule has 3 rings (SSSR count). The molecule has 0 spiro atoms. The summed E-state index contributed by atoms with van der Waals surface area (Å²) in [6, 6.07) is 15.2. The average molecular weight is 326 g/mol. The zero-order valence-corrected chi connectivity index (χ0v) is 13.6. The fourth-order valence-corrected chi connectivity index (χ4v) is 2.11. The predicted octanol–water partition coefficient (Wildman–Crippen LogP) is 3.54. The summed E-state index contributed by atoms with van der Waals surface area (Å²) < 4.78 is 21.7. The minimum atomic E-state index is 0.165. The Morgan fingerprint density at radius 1 is 0.958 bits per heavy atom. The Morgan fingerprint density at radius 2 is 1.79 bits per heavy atom. The van der Waals surface area contributed by atoms with Crippen molar-refractivity contribution in [2.24, 2.45) is 0 Å². The number of methoxy groups -OCH3 is 1. The van der Waals surface area contributed by atoms with Gasteiger partial charge in [0, 0.05) is 0 Å². The van der Waals surface area contributed by atoms with Crippen LogP contribution >= 0.6 is 0 Å². The van der Waals surface area contributed by atoms with Crippen LogP contribution in [-0.2, 0) is 13.2 Å². The number of aromatic nitrogens is 2. The Balaban J connectivity index is 1.57. The topological polar surface area (TPSA) is 66.6 Å². The number of ether oxygens (including phenoxy) is 3. The second-order valence-corrected chi connectivity index (χ2v) is 5.15. The first kappa shape index (κ1) is 15.9. The molecule has 1 aromatic heterocycles. The van der Waals surface area contributed by atoms with Gasteiger partial charge in [0.2, 0.25) is 5.82 Å². The van der Waals surface area contributed by atoms with Crippen molar-refractivity contribution in [3.05, 3.63) is 65.8 Å². The summed E-state index contributed by atoms with van der Waals surface area (Å²) in [6.07, 6.45) is 0. The summed E-state index contributed by atoms with van der Waals surface area (Å²) in [5, 5.41) is 3.88. The van der Waals surface area contributed by atoms with E-state index in [1.807, 2.05) is 55.5 Å². The van der Waals surface area contributed by atoms with Gasteiger partial charge in [-0.05, 0) is 36.8 Å². The summed E-state index contributed by atoms with van der Waals surface area (Å²) in [5.41, 5.74) is 1.08. The van der Waals surface area contributed by atoms with E-state index in [1.54, 1.807) is 7.11 Å². The molecule has 124 valence electrons. The lowest BCUT2D eigenvalue weighted by Crippen LogP contribution is -2.00. The number of nitrogens with zero attached hydrogens (tertiary/aromatic N) is 2. The molecule has 0 radical (unpaired) electrons. The number of benzene rings is 2. The lowest BCUT2D eigenvalue weighted by molar-refractivity contribution is 0.231. The van der Waals surface area contributed by atoms with Gasteiger partial charge in [0.05, 0.1) is 7.11 Å². The van der Waals surface area contributed by atoms with E-state index in [-0.39, 0.29) is 13.2 Å². The van der Waals surface area contributed by atoms with Crippen LogP contribution in [0.2, 0.25) is 0 Å². The number of rotatable bonds is 7. The van der Waals surface area contributed by atoms with Gasteiger partial charge in [-0.25, -0.2) is 0 Å². The highest BCUT2D eigenvalue weighted by molar-refractivity contribution is 5.42. The number of hydrogen-bond donors (Lipinski definition) is 0. The SMILES string of the molecule is COc1ccc(C)cc1OCc1nc(COc2ccccc2)no1. The number of aryl methyl sites for hydroxylation is 1. The molecule has 0 unspecified atom stereocenters. The van der Waals surface area contributed by atoms with Gasteiger partial charge >= 0.3 is 0 Å². The van der Waals surface area contributed by atoms with Crippen LogP contribution in [0.4, 0.5) is 0 Å². The first-order valence-electron chi connectivity index (χ1n) is 7.51. The van der Waals surface area contributed by atoms with E-state index in [9.17, 15) is 0 Å². The maximum atomic E-state index is 5.71. The summed E-state index contributed by atoms with van der Waals surface area (Å²) in [5.74, 6) is 2.90. The van der Waals surface area contributed by atoms with Crippen LogP contribution in [0.5, 0.6) is 17.2 Å². The van der Waals surface area contributed by atoms with E-state index in [2.05, 4.69) is 10.1 Å². The van der Waals surface area contributed by atoms with Gasteiger partial charge in [-0.2, -0.15) is 4.98 Å². The van der Waals surface area contributed by atoms with Crippen molar-refractivity contribution < 1.29 is 18.7 Å². The molecule has 6 heteroatoms. The third-order valence-corrected chi connectivity index (χ3v) is 3.29. The highest BCUT2D eigenvalue weighted by Crippen LogP contribution is 2.28. The zero-order chi connectivity index (χ0) is 16.8. The molecular weight excluding hydrogens is 308 g/mol. The standard InChI is InChI=1S/C18H18N2O4/c1-13-8-9-15(21-2)16(10-13)23-12-18-19-17(20-24-18)11-22-14-6-4-3-5-7-14/h3-10H,11-12H2,1-2H3. The summed E-state index contributed by atoms with van der Waals surface area (Å²) in [4.78, 5) is 4.25. The molecule has 3 aromatic rings. The van der Waals surface area contributed by atoms with Crippen LogP contribution in [0, 0.1) is 6.92 Å². The Labute approximate surface area is 140 Å². The second-order valence-electron chi connectivity index (χ2n) is 5.15. The van der Waals surface area contributed by atoms with Crippen LogP contribution in [-0.4, -0.2) is 17.3 Å². The monoisotopic (exact) mass is 326 g/mol. The molecule has 6 nitrogen and oxygen atoms in total. The molecular formula is C18H18N2O4. The summed E-state index contributed by atoms with van der Waals surface area (Å²) in [7, 11) is 1.60. The van der Waals surface area contributed by atoms with Gasteiger partial charge in [-0.3, -0.25) is 0 Å². The van der Waals surface area contributed by atoms with Gasteiger partial charge < -0.3 is 18.7 Å². The fraction of sp³-hybridized carbons (Fsp3) is 0.222. The Kier molecular flexibility index (Phi) is 4.96. The van der Waals surface area contributed by atoms with E-state index in [0.717, 1.165) is 11.3 Å². The predicted molar refractivity (Wildman–Crippen MR) is 87.1 cm³/mol. The van der Waals surface area contributed by atoms with Crippen LogP contribution in [0.3, 0.4) is 0 Å². The molecule has 0 amide bonds. The molecule has 0 aliphatic rings. The highest BCUT2D eigenvalue weighted by Gasteiger charge is 2.10. The smallest absolute Gasteiger partial charge is 0.264 e. The zero-order valence-electron chi connectivity index (χ0n) is 13.6. The molecule has 0 atom stereocenters. The van der Waals surface area contributed by atoms with E-state index in [4.69, 9.17) is 18.7 Å². The molecule has 0 N–H and O–H groups in total. The molecule has 1 heterocycles. The lowest BCUT2D eigenvalue weighted by atomic mass is 10.2. The second kappa shape index (κ2) is 7.50. The van der Waals surface area contributed by atoms with E-state index in [0.29, 0.717) is 23.2 Å². The average Bonchev–Trinajstić information content (AvgIpc) is 3.07. The Hall–Kier alpha value is -3.02. The normalized spacial score (nSPS) is 10.4. The molecule has 0 bridgehead atoms. The van der Waals surface area contributed by atoms with Crippen LogP contribution in [0.25, 0.3) is 0 Å². The first-order chi connectivity index (χ1) is 11.7. The van der Waals surface area contributed by atoms with Crippen molar-refractivity contribution in [1.29, 1.82) is 0 Å². The van der Waals surface area contributed by atoms with Crippen LogP contribution in [0.15, 0.2) is 53.1 Å². The molecule has 24 heavy (non-hydrogen) atoms. The fourth-order valence-electron chi connectivity index (χ4n) is 2.11. The van der Waals surface area contributed by atoms with Crippen molar-refractivity contribution in [2.45, 2.75) is 20.1 Å². The van der Waals surface area contributed by atoms with Crippen molar-refractivity contribution in [3.8, 4) is 17.2 Å². The van der Waals surface area contributed by atoms with E-state index in [1.165, 1.54) is 0 Å². The quantitative estimate of drug-likeness (QED) is 0.661. The minimum Gasteiger partial charge on any atom is -0.493 e. The van der Waals surface area contributed by atoms with Gasteiger partial charge in [0.1, 0.15) is 5.75 Å². The van der Waals surface area contributed by atoms with Crippen LogP contribution in [0.1, 0.15) is 17.3 Å². The van der Waals surface area contributed by atoms with Crippen LogP contribution < -0.4 is 14.2 Å². The third kappa shape index (κ3) is 4.04. The van der Waals surface area contributed by atoms with Gasteiger partial charge in [0.15, 0.2) is 24.7 Å². The largest absolute Gasteiger partial charge is 0.493 e. The lowest BCUT2D eigenvalue weighted by Gasteiger charge is -2.09. The number of hydrogen-bond acceptors (Lipinski definition) is 6. The van der Waals surface area contributed by atoms with Crippen molar-refractivity contribution >= 4 is 0 Å². The molecule has 0 aliphatic carbocycles. The van der Waals surface area contributed by atoms with E-state index >= 15 is 0 Å².